The van der Waals surface area contributed by atoms with Crippen LogP contribution in [-0.2, 0) is 9.47 Å². The molecule has 0 heterocycles. The van der Waals surface area contributed by atoms with Gasteiger partial charge in [-0.1, -0.05) is 25.0 Å². The first-order valence-electron chi connectivity index (χ1n) is 6.15. The molecule has 0 aliphatic heterocycles. The third kappa shape index (κ3) is 3.47. The van der Waals surface area contributed by atoms with Crippen molar-refractivity contribution in [1.82, 2.24) is 0 Å². The molecule has 1 aliphatic rings. The van der Waals surface area contributed by atoms with Crippen LogP contribution in [0.2, 0.25) is 0 Å². The number of rotatable bonds is 5. The van der Waals surface area contributed by atoms with Crippen LogP contribution >= 0.6 is 11.8 Å². The van der Waals surface area contributed by atoms with Gasteiger partial charge in [0.15, 0.2) is 6.29 Å². The Morgan fingerprint density at radius 3 is 2.18 bits per heavy atom. The van der Waals surface area contributed by atoms with E-state index in [1.165, 1.54) is 30.6 Å². The first kappa shape index (κ1) is 12.9. The molecule has 0 N–H and O–H groups in total. The summed E-state index contributed by atoms with van der Waals surface area (Å²) in [5.41, 5.74) is 1.07. The zero-order valence-electron chi connectivity index (χ0n) is 10.5. The maximum Gasteiger partial charge on any atom is 0.183 e. The van der Waals surface area contributed by atoms with E-state index in [9.17, 15) is 0 Å². The van der Waals surface area contributed by atoms with Crippen LogP contribution in [0.5, 0.6) is 0 Å². The number of thioether (sulfide) groups is 1. The van der Waals surface area contributed by atoms with Crippen molar-refractivity contribution in [2.24, 2.45) is 0 Å². The minimum atomic E-state index is -0.250. The predicted molar refractivity (Wildman–Crippen MR) is 71.3 cm³/mol. The van der Waals surface area contributed by atoms with E-state index in [0.29, 0.717) is 0 Å². The highest BCUT2D eigenvalue weighted by Crippen LogP contribution is 2.35. The summed E-state index contributed by atoms with van der Waals surface area (Å²) in [6.07, 6.45) is 5.27. The van der Waals surface area contributed by atoms with Gasteiger partial charge in [-0.25, -0.2) is 0 Å². The highest BCUT2D eigenvalue weighted by atomic mass is 32.2. The Morgan fingerprint density at radius 2 is 1.65 bits per heavy atom. The van der Waals surface area contributed by atoms with Gasteiger partial charge in [0.25, 0.3) is 0 Å². The highest BCUT2D eigenvalue weighted by molar-refractivity contribution is 8.00. The zero-order chi connectivity index (χ0) is 12.1. The lowest BCUT2D eigenvalue weighted by atomic mass is 10.2. The molecule has 0 saturated heterocycles. The summed E-state index contributed by atoms with van der Waals surface area (Å²) >= 11 is 2.01. The second-order valence-corrected chi connectivity index (χ2v) is 5.77. The topological polar surface area (TPSA) is 18.5 Å². The first-order chi connectivity index (χ1) is 8.33. The van der Waals surface area contributed by atoms with E-state index in [2.05, 4.69) is 24.3 Å². The fraction of sp³-hybridized carbons (Fsp3) is 0.571. The number of hydrogen-bond donors (Lipinski definition) is 0. The summed E-state index contributed by atoms with van der Waals surface area (Å²) in [6, 6.07) is 8.52. The lowest BCUT2D eigenvalue weighted by Gasteiger charge is -2.14. The van der Waals surface area contributed by atoms with E-state index >= 15 is 0 Å². The van der Waals surface area contributed by atoms with Crippen LogP contribution in [0.15, 0.2) is 29.2 Å². The monoisotopic (exact) mass is 252 g/mol. The molecule has 3 heteroatoms. The molecule has 0 aromatic heterocycles. The van der Waals surface area contributed by atoms with Gasteiger partial charge in [-0.05, 0) is 25.0 Å². The van der Waals surface area contributed by atoms with Crippen molar-refractivity contribution < 1.29 is 9.47 Å². The van der Waals surface area contributed by atoms with Crippen molar-refractivity contribution in [1.29, 1.82) is 0 Å². The van der Waals surface area contributed by atoms with Crippen molar-refractivity contribution in [3.05, 3.63) is 29.8 Å². The largest absolute Gasteiger partial charge is 0.352 e. The molecule has 1 fully saturated rings. The molecule has 0 bridgehead atoms. The standard InChI is InChI=1S/C14H20O2S/c1-15-14(16-2)11-7-9-13(10-8-11)17-12-5-3-4-6-12/h7-10,12,14H,3-6H2,1-2H3. The molecule has 1 saturated carbocycles. The summed E-state index contributed by atoms with van der Waals surface area (Å²) in [5.74, 6) is 0. The molecule has 0 amide bonds. The van der Waals surface area contributed by atoms with Crippen molar-refractivity contribution in [3.8, 4) is 0 Å². The van der Waals surface area contributed by atoms with Gasteiger partial charge in [0.1, 0.15) is 0 Å². The molecular weight excluding hydrogens is 232 g/mol. The van der Waals surface area contributed by atoms with Gasteiger partial charge >= 0.3 is 0 Å². The van der Waals surface area contributed by atoms with E-state index in [0.717, 1.165) is 10.8 Å². The average Bonchev–Trinajstić information content (AvgIpc) is 2.86. The van der Waals surface area contributed by atoms with Gasteiger partial charge in [-0.3, -0.25) is 0 Å². The van der Waals surface area contributed by atoms with Crippen molar-refractivity contribution in [2.45, 2.75) is 42.1 Å². The molecule has 1 aliphatic carbocycles. The lowest BCUT2D eigenvalue weighted by Crippen LogP contribution is -2.03. The third-order valence-corrected chi connectivity index (χ3v) is 4.53. The van der Waals surface area contributed by atoms with Crippen molar-refractivity contribution in [2.75, 3.05) is 14.2 Å². The molecule has 2 nitrogen and oxygen atoms in total. The summed E-state index contributed by atoms with van der Waals surface area (Å²) < 4.78 is 10.5. The number of hydrogen-bond acceptors (Lipinski definition) is 3. The van der Waals surface area contributed by atoms with E-state index in [4.69, 9.17) is 9.47 Å². The van der Waals surface area contributed by atoms with Crippen molar-refractivity contribution in [3.63, 3.8) is 0 Å². The predicted octanol–water partition coefficient (Wildman–Crippen LogP) is 4.01. The Morgan fingerprint density at radius 1 is 1.06 bits per heavy atom. The van der Waals surface area contributed by atoms with Crippen LogP contribution < -0.4 is 0 Å². The second-order valence-electron chi connectivity index (χ2n) is 4.40. The number of benzene rings is 1. The zero-order valence-corrected chi connectivity index (χ0v) is 11.3. The van der Waals surface area contributed by atoms with Gasteiger partial charge in [-0.15, -0.1) is 11.8 Å². The summed E-state index contributed by atoms with van der Waals surface area (Å²) in [6.45, 7) is 0. The van der Waals surface area contributed by atoms with Gasteiger partial charge in [0.2, 0.25) is 0 Å². The van der Waals surface area contributed by atoms with Gasteiger partial charge in [0, 0.05) is 29.9 Å². The van der Waals surface area contributed by atoms with Gasteiger partial charge in [-0.2, -0.15) is 0 Å². The van der Waals surface area contributed by atoms with Crippen LogP contribution in [0.3, 0.4) is 0 Å². The maximum atomic E-state index is 5.23. The Balaban J connectivity index is 1.96. The van der Waals surface area contributed by atoms with Crippen LogP contribution in [0.4, 0.5) is 0 Å². The summed E-state index contributed by atoms with van der Waals surface area (Å²) in [4.78, 5) is 1.35. The molecule has 0 spiro atoms. The molecule has 0 unspecified atom stereocenters. The smallest absolute Gasteiger partial charge is 0.183 e. The van der Waals surface area contributed by atoms with Crippen LogP contribution in [0.1, 0.15) is 37.5 Å². The Hall–Kier alpha value is -0.510. The van der Waals surface area contributed by atoms with Crippen molar-refractivity contribution >= 4 is 11.8 Å². The highest BCUT2D eigenvalue weighted by Gasteiger charge is 2.16. The van der Waals surface area contributed by atoms with E-state index in [-0.39, 0.29) is 6.29 Å². The van der Waals surface area contributed by atoms with E-state index < -0.39 is 0 Å². The average molecular weight is 252 g/mol. The Kier molecular flexibility index (Phi) is 4.89. The van der Waals surface area contributed by atoms with Gasteiger partial charge in [0.05, 0.1) is 0 Å². The molecule has 0 atom stereocenters. The second kappa shape index (κ2) is 6.43. The SMILES string of the molecule is COC(OC)c1ccc(SC2CCCC2)cc1. The van der Waals surface area contributed by atoms with Gasteiger partial charge < -0.3 is 9.47 Å². The normalized spacial score (nSPS) is 16.9. The molecule has 0 radical (unpaired) electrons. The van der Waals surface area contributed by atoms with Crippen LogP contribution in [0.25, 0.3) is 0 Å². The van der Waals surface area contributed by atoms with E-state index in [1.54, 1.807) is 14.2 Å². The number of ether oxygens (including phenoxy) is 2. The number of methoxy groups -OCH3 is 2. The molecule has 94 valence electrons. The third-order valence-electron chi connectivity index (χ3n) is 3.19. The minimum Gasteiger partial charge on any atom is -0.352 e. The first-order valence-corrected chi connectivity index (χ1v) is 7.03. The van der Waals surface area contributed by atoms with E-state index in [1.807, 2.05) is 11.8 Å². The fourth-order valence-corrected chi connectivity index (χ4v) is 3.52. The Bertz CT molecular complexity index is 327. The molecule has 1 aromatic rings. The van der Waals surface area contributed by atoms with Crippen LogP contribution in [0, 0.1) is 0 Å². The summed E-state index contributed by atoms with van der Waals surface area (Å²) in [5, 5.41) is 0.821. The fourth-order valence-electron chi connectivity index (χ4n) is 2.27. The summed E-state index contributed by atoms with van der Waals surface area (Å²) in [7, 11) is 3.32. The Labute approximate surface area is 108 Å². The molecule has 1 aromatic carbocycles. The molecule has 17 heavy (non-hydrogen) atoms. The molecular formula is C14H20O2S. The molecule has 2 rings (SSSR count). The lowest BCUT2D eigenvalue weighted by molar-refractivity contribution is -0.106. The van der Waals surface area contributed by atoms with Crippen LogP contribution in [-0.4, -0.2) is 19.5 Å². The maximum absolute atomic E-state index is 5.23. The minimum absolute atomic E-state index is 0.250. The quantitative estimate of drug-likeness (QED) is 0.738.